The molecule has 0 unspecified atom stereocenters. The van der Waals surface area contributed by atoms with Crippen LogP contribution in [0.2, 0.25) is 5.02 Å². The number of hydrogen-bond acceptors (Lipinski definition) is 3. The van der Waals surface area contributed by atoms with Crippen LogP contribution in [0.4, 0.5) is 18.9 Å². The molecule has 3 aromatic rings. The van der Waals surface area contributed by atoms with Gasteiger partial charge in [-0.05, 0) is 35.9 Å². The smallest absolute Gasteiger partial charge is 0.418 e. The number of rotatable bonds is 6. The highest BCUT2D eigenvalue weighted by molar-refractivity contribution is 6.30. The van der Waals surface area contributed by atoms with E-state index in [-0.39, 0.29) is 17.3 Å². The standard InChI is InChI=1S/C20H16ClF3N2O2/c21-14-8-9-17(16(11-14)20(22,23)24)26-19(27)18(13-5-2-1-3-6-13)25-12-15-7-4-10-28-15/h1-11,18,25H,12H2,(H,26,27)/t18-/m1/s1. The van der Waals surface area contributed by atoms with Gasteiger partial charge in [-0.15, -0.1) is 0 Å². The van der Waals surface area contributed by atoms with Crippen molar-refractivity contribution in [1.82, 2.24) is 5.32 Å². The van der Waals surface area contributed by atoms with Crippen LogP contribution in [-0.2, 0) is 17.5 Å². The molecule has 0 fully saturated rings. The highest BCUT2D eigenvalue weighted by atomic mass is 35.5. The summed E-state index contributed by atoms with van der Waals surface area (Å²) >= 11 is 5.69. The maximum absolute atomic E-state index is 13.3. The lowest BCUT2D eigenvalue weighted by Crippen LogP contribution is -2.33. The number of alkyl halides is 3. The Morgan fingerprint density at radius 2 is 1.82 bits per heavy atom. The molecule has 3 rings (SSSR count). The third-order valence-electron chi connectivity index (χ3n) is 4.00. The average molecular weight is 409 g/mol. The predicted molar refractivity (Wildman–Crippen MR) is 99.8 cm³/mol. The van der Waals surface area contributed by atoms with Gasteiger partial charge in [0.2, 0.25) is 5.91 Å². The molecule has 0 saturated heterocycles. The third kappa shape index (κ3) is 4.94. The number of carbonyl (C=O) groups excluding carboxylic acids is 1. The predicted octanol–water partition coefficient (Wildman–Crippen LogP) is 5.42. The summed E-state index contributed by atoms with van der Waals surface area (Å²) in [7, 11) is 0. The fourth-order valence-electron chi connectivity index (χ4n) is 2.69. The fraction of sp³-hybridized carbons (Fsp3) is 0.150. The van der Waals surface area contributed by atoms with E-state index in [9.17, 15) is 18.0 Å². The topological polar surface area (TPSA) is 54.3 Å². The lowest BCUT2D eigenvalue weighted by Gasteiger charge is -2.20. The Labute approximate surface area is 164 Å². The van der Waals surface area contributed by atoms with Gasteiger partial charge in [-0.25, -0.2) is 0 Å². The van der Waals surface area contributed by atoms with E-state index in [0.29, 0.717) is 11.3 Å². The number of halogens is 4. The molecule has 4 nitrogen and oxygen atoms in total. The van der Waals surface area contributed by atoms with Crippen LogP contribution in [0.1, 0.15) is 22.9 Å². The minimum absolute atomic E-state index is 0.0686. The van der Waals surface area contributed by atoms with Gasteiger partial charge in [0.1, 0.15) is 11.8 Å². The first-order valence-corrected chi connectivity index (χ1v) is 8.71. The highest BCUT2D eigenvalue weighted by Gasteiger charge is 2.35. The van der Waals surface area contributed by atoms with Crippen molar-refractivity contribution in [2.24, 2.45) is 0 Å². The van der Waals surface area contributed by atoms with Gasteiger partial charge in [-0.1, -0.05) is 41.9 Å². The zero-order valence-corrected chi connectivity index (χ0v) is 15.2. The summed E-state index contributed by atoms with van der Waals surface area (Å²) in [5.41, 5.74) is -0.761. The van der Waals surface area contributed by atoms with Crippen LogP contribution in [-0.4, -0.2) is 5.91 Å². The summed E-state index contributed by atoms with van der Waals surface area (Å²) in [6.07, 6.45) is -3.16. The third-order valence-corrected chi connectivity index (χ3v) is 4.24. The Morgan fingerprint density at radius 3 is 2.46 bits per heavy atom. The molecule has 2 aromatic carbocycles. The van der Waals surface area contributed by atoms with Crippen molar-refractivity contribution in [3.8, 4) is 0 Å². The summed E-state index contributed by atoms with van der Waals surface area (Å²) in [5.74, 6) is -0.0400. The highest BCUT2D eigenvalue weighted by Crippen LogP contribution is 2.36. The van der Waals surface area contributed by atoms with Crippen molar-refractivity contribution in [2.45, 2.75) is 18.8 Å². The van der Waals surface area contributed by atoms with Crippen LogP contribution >= 0.6 is 11.6 Å². The molecule has 0 spiro atoms. The van der Waals surface area contributed by atoms with Gasteiger partial charge < -0.3 is 9.73 Å². The number of hydrogen-bond donors (Lipinski definition) is 2. The van der Waals surface area contributed by atoms with Gasteiger partial charge >= 0.3 is 6.18 Å². The first-order chi connectivity index (χ1) is 13.3. The van der Waals surface area contributed by atoms with Gasteiger partial charge in [0.05, 0.1) is 24.1 Å². The van der Waals surface area contributed by atoms with Crippen molar-refractivity contribution < 1.29 is 22.4 Å². The number of benzene rings is 2. The average Bonchev–Trinajstić information content (AvgIpc) is 3.17. The molecule has 1 amide bonds. The van der Waals surface area contributed by atoms with Crippen LogP contribution in [0.3, 0.4) is 0 Å². The van der Waals surface area contributed by atoms with Crippen molar-refractivity contribution in [3.05, 3.63) is 88.8 Å². The summed E-state index contributed by atoms with van der Waals surface area (Å²) in [6.45, 7) is 0.229. The molecule has 28 heavy (non-hydrogen) atoms. The van der Waals surface area contributed by atoms with Crippen molar-refractivity contribution >= 4 is 23.2 Å². The van der Waals surface area contributed by atoms with Crippen LogP contribution in [0, 0.1) is 0 Å². The lowest BCUT2D eigenvalue weighted by molar-refractivity contribution is -0.137. The zero-order chi connectivity index (χ0) is 20.1. The molecule has 8 heteroatoms. The Bertz CT molecular complexity index is 928. The quantitative estimate of drug-likeness (QED) is 0.572. The molecule has 0 aliphatic heterocycles. The van der Waals surface area contributed by atoms with E-state index < -0.39 is 23.7 Å². The van der Waals surface area contributed by atoms with E-state index in [0.717, 1.165) is 12.1 Å². The molecular formula is C20H16ClF3N2O2. The van der Waals surface area contributed by atoms with E-state index in [1.165, 1.54) is 12.3 Å². The van der Waals surface area contributed by atoms with E-state index in [4.69, 9.17) is 16.0 Å². The van der Waals surface area contributed by atoms with Crippen LogP contribution in [0.5, 0.6) is 0 Å². The molecule has 1 atom stereocenters. The molecule has 0 aliphatic carbocycles. The maximum atomic E-state index is 13.3. The second kappa shape index (κ2) is 8.50. The first-order valence-electron chi connectivity index (χ1n) is 8.33. The van der Waals surface area contributed by atoms with Gasteiger partial charge in [0.15, 0.2) is 0 Å². The van der Waals surface area contributed by atoms with Crippen molar-refractivity contribution in [1.29, 1.82) is 0 Å². The number of anilines is 1. The van der Waals surface area contributed by atoms with E-state index in [2.05, 4.69) is 10.6 Å². The summed E-state index contributed by atoms with van der Waals surface area (Å²) in [5, 5.41) is 5.31. The monoisotopic (exact) mass is 408 g/mol. The molecular weight excluding hydrogens is 393 g/mol. The molecule has 0 bridgehead atoms. The van der Waals surface area contributed by atoms with Gasteiger partial charge in [-0.3, -0.25) is 10.1 Å². The number of carbonyl (C=O) groups is 1. The normalized spacial score (nSPS) is 12.6. The van der Waals surface area contributed by atoms with Gasteiger partial charge in [-0.2, -0.15) is 13.2 Å². The largest absolute Gasteiger partial charge is 0.468 e. The van der Waals surface area contributed by atoms with Crippen LogP contribution < -0.4 is 10.6 Å². The van der Waals surface area contributed by atoms with Gasteiger partial charge in [0.25, 0.3) is 0 Å². The molecule has 146 valence electrons. The molecule has 2 N–H and O–H groups in total. The Hall–Kier alpha value is -2.77. The van der Waals surface area contributed by atoms with E-state index in [1.807, 2.05) is 0 Å². The van der Waals surface area contributed by atoms with Crippen molar-refractivity contribution in [2.75, 3.05) is 5.32 Å². The Morgan fingerprint density at radius 1 is 1.07 bits per heavy atom. The summed E-state index contributed by atoms with van der Waals surface area (Å²) in [4.78, 5) is 12.8. The van der Waals surface area contributed by atoms with E-state index in [1.54, 1.807) is 42.5 Å². The van der Waals surface area contributed by atoms with Crippen LogP contribution in [0.25, 0.3) is 0 Å². The molecule has 0 aliphatic rings. The molecule has 0 radical (unpaired) electrons. The minimum atomic E-state index is -4.66. The fourth-order valence-corrected chi connectivity index (χ4v) is 2.86. The number of furan rings is 1. The Kier molecular flexibility index (Phi) is 6.06. The second-order valence-corrected chi connectivity index (χ2v) is 6.42. The first kappa shape index (κ1) is 20.0. The summed E-state index contributed by atoms with van der Waals surface area (Å²) in [6, 6.07) is 14.5. The molecule has 1 heterocycles. The zero-order valence-electron chi connectivity index (χ0n) is 14.5. The summed E-state index contributed by atoms with van der Waals surface area (Å²) < 4.78 is 45.1. The SMILES string of the molecule is O=C(Nc1ccc(Cl)cc1C(F)(F)F)[C@H](NCc1ccco1)c1ccccc1. The second-order valence-electron chi connectivity index (χ2n) is 5.98. The lowest BCUT2D eigenvalue weighted by atomic mass is 10.1. The Balaban J connectivity index is 1.86. The molecule has 1 aromatic heterocycles. The van der Waals surface area contributed by atoms with Gasteiger partial charge in [0, 0.05) is 5.02 Å². The number of amides is 1. The van der Waals surface area contributed by atoms with E-state index >= 15 is 0 Å². The van der Waals surface area contributed by atoms with Crippen LogP contribution in [0.15, 0.2) is 71.3 Å². The number of nitrogens with one attached hydrogen (secondary N) is 2. The maximum Gasteiger partial charge on any atom is 0.418 e. The molecule has 0 saturated carbocycles. The minimum Gasteiger partial charge on any atom is -0.468 e. The van der Waals surface area contributed by atoms with Crippen molar-refractivity contribution in [3.63, 3.8) is 0 Å².